The van der Waals surface area contributed by atoms with Gasteiger partial charge in [-0.25, -0.2) is 0 Å². The van der Waals surface area contributed by atoms with Crippen LogP contribution in [0.25, 0.3) is 0 Å². The Bertz CT molecular complexity index is 583. The number of carbonyl (C=O) groups excluding carboxylic acids is 2. The topological polar surface area (TPSA) is 34.1 Å². The van der Waals surface area contributed by atoms with Gasteiger partial charge in [-0.15, -0.1) is 0 Å². The van der Waals surface area contributed by atoms with Crippen LogP contribution in [0.3, 0.4) is 0 Å². The van der Waals surface area contributed by atoms with Crippen LogP contribution < -0.4 is 0 Å². The molecule has 2 rings (SSSR count). The molecule has 2 nitrogen and oxygen atoms in total. The van der Waals surface area contributed by atoms with Gasteiger partial charge in [0.05, 0.1) is 0 Å². The minimum atomic E-state index is -0.0264. The molecule has 2 aromatic rings. The molecular formula is C15H11IO2. The number of Topliss-reactive ketones (excluding diaryl/α,β-unsaturated/α-hetero) is 1. The lowest BCUT2D eigenvalue weighted by atomic mass is 10.0. The van der Waals surface area contributed by atoms with E-state index in [0.717, 1.165) is 3.57 Å². The van der Waals surface area contributed by atoms with E-state index < -0.39 is 0 Å². The fraction of sp³-hybridized carbons (Fsp3) is 0.0667. The van der Waals surface area contributed by atoms with Gasteiger partial charge in [0.15, 0.2) is 11.6 Å². The van der Waals surface area contributed by atoms with Crippen molar-refractivity contribution in [3.8, 4) is 0 Å². The van der Waals surface area contributed by atoms with Crippen molar-refractivity contribution in [2.75, 3.05) is 0 Å². The molecule has 0 heterocycles. The van der Waals surface area contributed by atoms with Crippen LogP contribution in [0.1, 0.15) is 33.2 Å². The number of hydrogen-bond acceptors (Lipinski definition) is 2. The lowest BCUT2D eigenvalue weighted by Crippen LogP contribution is -2.02. The number of carbonyl (C=O) groups is 2. The summed E-state index contributed by atoms with van der Waals surface area (Å²) in [5, 5.41) is 0. The van der Waals surface area contributed by atoms with E-state index in [0.29, 0.717) is 16.7 Å². The van der Waals surface area contributed by atoms with E-state index in [-0.39, 0.29) is 11.6 Å². The van der Waals surface area contributed by atoms with Crippen molar-refractivity contribution in [3.05, 3.63) is 68.8 Å². The molecule has 0 bridgehead atoms. The highest BCUT2D eigenvalue weighted by molar-refractivity contribution is 14.1. The highest BCUT2D eigenvalue weighted by atomic mass is 127. The Kier molecular flexibility index (Phi) is 3.91. The van der Waals surface area contributed by atoms with Gasteiger partial charge >= 0.3 is 0 Å². The van der Waals surface area contributed by atoms with Gasteiger partial charge in [-0.05, 0) is 53.8 Å². The van der Waals surface area contributed by atoms with E-state index in [9.17, 15) is 9.59 Å². The Labute approximate surface area is 119 Å². The lowest BCUT2D eigenvalue weighted by molar-refractivity contribution is 0.101. The zero-order chi connectivity index (χ0) is 13.1. The molecule has 0 fully saturated rings. The van der Waals surface area contributed by atoms with Crippen molar-refractivity contribution < 1.29 is 9.59 Å². The molecule has 0 amide bonds. The van der Waals surface area contributed by atoms with E-state index in [1.165, 1.54) is 6.92 Å². The van der Waals surface area contributed by atoms with Crippen molar-refractivity contribution in [2.24, 2.45) is 0 Å². The maximum Gasteiger partial charge on any atom is 0.193 e. The van der Waals surface area contributed by atoms with Crippen LogP contribution in [0, 0.1) is 3.57 Å². The van der Waals surface area contributed by atoms with E-state index in [4.69, 9.17) is 0 Å². The van der Waals surface area contributed by atoms with Crippen molar-refractivity contribution in [1.29, 1.82) is 0 Å². The first-order chi connectivity index (χ1) is 8.58. The minimum Gasteiger partial charge on any atom is -0.295 e. The number of benzene rings is 2. The van der Waals surface area contributed by atoms with Crippen LogP contribution in [0.15, 0.2) is 48.5 Å². The third kappa shape index (κ3) is 2.85. The molecule has 0 N–H and O–H groups in total. The summed E-state index contributed by atoms with van der Waals surface area (Å²) < 4.78 is 1.09. The molecule has 0 atom stereocenters. The number of rotatable bonds is 3. The zero-order valence-corrected chi connectivity index (χ0v) is 12.0. The van der Waals surface area contributed by atoms with Gasteiger partial charge < -0.3 is 0 Å². The Morgan fingerprint density at radius 3 is 1.61 bits per heavy atom. The first kappa shape index (κ1) is 13.0. The molecule has 0 saturated carbocycles. The highest BCUT2D eigenvalue weighted by Crippen LogP contribution is 2.13. The molecule has 0 saturated heterocycles. The van der Waals surface area contributed by atoms with Crippen molar-refractivity contribution in [2.45, 2.75) is 6.92 Å². The predicted octanol–water partition coefficient (Wildman–Crippen LogP) is 3.72. The molecule has 0 aromatic heterocycles. The molecule has 0 unspecified atom stereocenters. The molecule has 0 aliphatic heterocycles. The molecule has 2 aromatic carbocycles. The van der Waals surface area contributed by atoms with E-state index >= 15 is 0 Å². The Balaban J connectivity index is 2.28. The molecule has 0 radical (unpaired) electrons. The van der Waals surface area contributed by atoms with Gasteiger partial charge in [0, 0.05) is 20.3 Å². The molecule has 0 spiro atoms. The van der Waals surface area contributed by atoms with Gasteiger partial charge in [0.1, 0.15) is 0 Å². The average Bonchev–Trinajstić information content (AvgIpc) is 2.39. The summed E-state index contributed by atoms with van der Waals surface area (Å²) in [6, 6.07) is 14.2. The van der Waals surface area contributed by atoms with Crippen molar-refractivity contribution in [1.82, 2.24) is 0 Å². The van der Waals surface area contributed by atoms with Gasteiger partial charge in [0.2, 0.25) is 0 Å². The van der Waals surface area contributed by atoms with Gasteiger partial charge in [-0.3, -0.25) is 9.59 Å². The fourth-order valence-corrected chi connectivity index (χ4v) is 1.98. The fourth-order valence-electron chi connectivity index (χ4n) is 1.62. The van der Waals surface area contributed by atoms with Crippen molar-refractivity contribution in [3.63, 3.8) is 0 Å². The van der Waals surface area contributed by atoms with Gasteiger partial charge in [-0.2, -0.15) is 0 Å². The third-order valence-electron chi connectivity index (χ3n) is 2.66. The summed E-state index contributed by atoms with van der Waals surface area (Å²) >= 11 is 2.20. The lowest BCUT2D eigenvalue weighted by Gasteiger charge is -2.02. The monoisotopic (exact) mass is 350 g/mol. The van der Waals surface area contributed by atoms with Crippen LogP contribution >= 0.6 is 22.6 Å². The summed E-state index contributed by atoms with van der Waals surface area (Å²) in [4.78, 5) is 23.3. The second-order valence-corrected chi connectivity index (χ2v) is 5.22. The molecule has 90 valence electrons. The average molecular weight is 350 g/mol. The van der Waals surface area contributed by atoms with Crippen LogP contribution in [0.5, 0.6) is 0 Å². The van der Waals surface area contributed by atoms with Crippen LogP contribution in [-0.2, 0) is 0 Å². The summed E-state index contributed by atoms with van der Waals surface area (Å²) in [5.74, 6) is -0.0234. The Morgan fingerprint density at radius 2 is 1.17 bits per heavy atom. The van der Waals surface area contributed by atoms with Gasteiger partial charge in [0.25, 0.3) is 0 Å². The largest absolute Gasteiger partial charge is 0.295 e. The third-order valence-corrected chi connectivity index (χ3v) is 3.38. The summed E-state index contributed by atoms with van der Waals surface area (Å²) in [5.41, 5.74) is 1.88. The second-order valence-electron chi connectivity index (χ2n) is 3.97. The Hall–Kier alpha value is -1.49. The quantitative estimate of drug-likeness (QED) is 0.625. The maximum atomic E-state index is 12.2. The predicted molar refractivity (Wildman–Crippen MR) is 79.0 cm³/mol. The zero-order valence-electron chi connectivity index (χ0n) is 9.81. The second kappa shape index (κ2) is 5.44. The maximum absolute atomic E-state index is 12.2. The molecular weight excluding hydrogens is 339 g/mol. The smallest absolute Gasteiger partial charge is 0.193 e. The van der Waals surface area contributed by atoms with E-state index in [2.05, 4.69) is 22.6 Å². The highest BCUT2D eigenvalue weighted by Gasteiger charge is 2.09. The molecule has 3 heteroatoms. The van der Waals surface area contributed by atoms with Gasteiger partial charge in [-0.1, -0.05) is 24.3 Å². The molecule has 0 aliphatic carbocycles. The van der Waals surface area contributed by atoms with E-state index in [1.54, 1.807) is 24.3 Å². The molecule has 0 aliphatic rings. The SMILES string of the molecule is CC(=O)c1ccc(C(=O)c2ccc(I)cc2)cc1. The summed E-state index contributed by atoms with van der Waals surface area (Å²) in [7, 11) is 0. The van der Waals surface area contributed by atoms with Crippen molar-refractivity contribution >= 4 is 34.2 Å². The number of hydrogen-bond donors (Lipinski definition) is 0. The summed E-state index contributed by atoms with van der Waals surface area (Å²) in [6.07, 6.45) is 0. The molecule has 18 heavy (non-hydrogen) atoms. The first-order valence-corrected chi connectivity index (χ1v) is 6.57. The normalized spacial score (nSPS) is 10.1. The van der Waals surface area contributed by atoms with Crippen LogP contribution in [-0.4, -0.2) is 11.6 Å². The minimum absolute atomic E-state index is 0.00302. The van der Waals surface area contributed by atoms with Crippen LogP contribution in [0.4, 0.5) is 0 Å². The summed E-state index contributed by atoms with van der Waals surface area (Å²) in [6.45, 7) is 1.51. The first-order valence-electron chi connectivity index (χ1n) is 5.49. The number of ketones is 2. The standard InChI is InChI=1S/C15H11IO2/c1-10(17)11-2-4-12(5-3-11)15(18)13-6-8-14(16)9-7-13/h2-9H,1H3. The van der Waals surface area contributed by atoms with E-state index in [1.807, 2.05) is 24.3 Å². The van der Waals surface area contributed by atoms with Crippen LogP contribution in [0.2, 0.25) is 0 Å². The Morgan fingerprint density at radius 1 is 0.778 bits per heavy atom. The number of halogens is 1.